The quantitative estimate of drug-likeness (QED) is 0.558. The third kappa shape index (κ3) is 6.47. The Morgan fingerprint density at radius 1 is 1.17 bits per heavy atom. The highest BCUT2D eigenvalue weighted by Gasteiger charge is 2.32. The first-order valence-corrected chi connectivity index (χ1v) is 12.2. The fourth-order valence-corrected chi connectivity index (χ4v) is 5.74. The maximum Gasteiger partial charge on any atom is 0.240 e. The van der Waals surface area contributed by atoms with E-state index >= 15 is 0 Å². The zero-order chi connectivity index (χ0) is 21.7. The summed E-state index contributed by atoms with van der Waals surface area (Å²) in [5.41, 5.74) is 0. The van der Waals surface area contributed by atoms with Crippen molar-refractivity contribution in [3.63, 3.8) is 0 Å². The van der Waals surface area contributed by atoms with Gasteiger partial charge >= 0.3 is 0 Å². The first-order valence-electron chi connectivity index (χ1n) is 9.00. The number of rotatable bonds is 8. The van der Waals surface area contributed by atoms with Gasteiger partial charge in [-0.3, -0.25) is 9.59 Å². The van der Waals surface area contributed by atoms with Crippen LogP contribution in [0.5, 0.6) is 0 Å². The Kier molecular flexibility index (Phi) is 7.72. The van der Waals surface area contributed by atoms with Crippen molar-refractivity contribution in [2.75, 3.05) is 32.4 Å². The summed E-state index contributed by atoms with van der Waals surface area (Å²) in [6.45, 7) is 0.271. The summed E-state index contributed by atoms with van der Waals surface area (Å²) in [6, 6.07) is 4.53. The molecule has 1 heterocycles. The van der Waals surface area contributed by atoms with E-state index in [-0.39, 0.29) is 49.7 Å². The molecule has 9 nitrogen and oxygen atoms in total. The number of benzene rings is 1. The molecule has 2 N–H and O–H groups in total. The van der Waals surface area contributed by atoms with Crippen molar-refractivity contribution in [1.82, 2.24) is 14.9 Å². The summed E-state index contributed by atoms with van der Waals surface area (Å²) in [5.74, 6) is -2.15. The third-order valence-electron chi connectivity index (χ3n) is 4.65. The molecular weight excluding hydrogens is 425 g/mol. The molecule has 0 aromatic heterocycles. The lowest BCUT2D eigenvalue weighted by Crippen LogP contribution is -2.45. The summed E-state index contributed by atoms with van der Waals surface area (Å²) in [7, 11) is -6.15. The second-order valence-corrected chi connectivity index (χ2v) is 10.7. The van der Waals surface area contributed by atoms with Gasteiger partial charge in [-0.05, 0) is 31.0 Å². The molecule has 0 spiro atoms. The summed E-state index contributed by atoms with van der Waals surface area (Å²) >= 11 is 0. The molecule has 1 aliphatic heterocycles. The first kappa shape index (κ1) is 23.2. The number of likely N-dealkylation sites (tertiary alicyclic amines) is 1. The van der Waals surface area contributed by atoms with Crippen molar-refractivity contribution in [3.05, 3.63) is 30.1 Å². The zero-order valence-corrected chi connectivity index (χ0v) is 17.6. The van der Waals surface area contributed by atoms with Crippen LogP contribution in [0.15, 0.2) is 29.2 Å². The number of piperidine rings is 1. The number of sulfone groups is 1. The lowest BCUT2D eigenvalue weighted by atomic mass is 10.1. The van der Waals surface area contributed by atoms with E-state index in [1.165, 1.54) is 24.1 Å². The minimum atomic E-state index is -3.93. The number of amides is 2. The topological polar surface area (TPSA) is 130 Å². The fraction of sp³-hybridized carbons (Fsp3) is 0.529. The van der Waals surface area contributed by atoms with E-state index in [4.69, 9.17) is 0 Å². The van der Waals surface area contributed by atoms with Crippen LogP contribution in [0.4, 0.5) is 4.39 Å². The molecular formula is C17H24FN3O6S2. The SMILES string of the molecule is CNC(=O)CS(=O)(=O)C1CCN(C(=O)CCNS(=O)(=O)c2cccc(F)c2)CC1. The maximum atomic E-state index is 13.2. The minimum absolute atomic E-state index is 0.107. The number of hydrogen-bond acceptors (Lipinski definition) is 6. The number of hydrogen-bond donors (Lipinski definition) is 2. The van der Waals surface area contributed by atoms with Gasteiger partial charge in [0.15, 0.2) is 9.84 Å². The van der Waals surface area contributed by atoms with Gasteiger partial charge in [0.25, 0.3) is 0 Å². The van der Waals surface area contributed by atoms with Crippen LogP contribution in [-0.4, -0.2) is 71.2 Å². The number of halogens is 1. The molecule has 0 atom stereocenters. The molecule has 1 aromatic carbocycles. The van der Waals surface area contributed by atoms with Crippen molar-refractivity contribution in [1.29, 1.82) is 0 Å². The summed E-state index contributed by atoms with van der Waals surface area (Å²) in [6.07, 6.45) is 0.338. The van der Waals surface area contributed by atoms with Crippen molar-refractivity contribution in [2.45, 2.75) is 29.4 Å². The molecule has 1 aliphatic rings. The Bertz CT molecular complexity index is 957. The van der Waals surface area contributed by atoms with Gasteiger partial charge in [0.05, 0.1) is 10.1 Å². The largest absolute Gasteiger partial charge is 0.358 e. The Balaban J connectivity index is 1.82. The van der Waals surface area contributed by atoms with E-state index in [1.807, 2.05) is 0 Å². The van der Waals surface area contributed by atoms with E-state index in [0.717, 1.165) is 12.1 Å². The molecule has 1 saturated heterocycles. The highest BCUT2D eigenvalue weighted by atomic mass is 32.2. The van der Waals surface area contributed by atoms with Crippen molar-refractivity contribution in [2.24, 2.45) is 0 Å². The molecule has 2 amide bonds. The van der Waals surface area contributed by atoms with Crippen LogP contribution in [0.25, 0.3) is 0 Å². The van der Waals surface area contributed by atoms with Crippen molar-refractivity contribution in [3.8, 4) is 0 Å². The lowest BCUT2D eigenvalue weighted by molar-refractivity contribution is -0.131. The Morgan fingerprint density at radius 3 is 2.41 bits per heavy atom. The van der Waals surface area contributed by atoms with Crippen molar-refractivity contribution < 1.29 is 30.8 Å². The van der Waals surface area contributed by atoms with Crippen LogP contribution in [0.1, 0.15) is 19.3 Å². The number of nitrogens with zero attached hydrogens (tertiary/aromatic N) is 1. The first-order chi connectivity index (χ1) is 13.5. The molecule has 0 saturated carbocycles. The monoisotopic (exact) mass is 449 g/mol. The van der Waals surface area contributed by atoms with E-state index < -0.39 is 42.6 Å². The fourth-order valence-electron chi connectivity index (χ4n) is 3.00. The van der Waals surface area contributed by atoms with Crippen LogP contribution in [-0.2, 0) is 29.4 Å². The zero-order valence-electron chi connectivity index (χ0n) is 15.9. The number of carbonyl (C=O) groups excluding carboxylic acids is 2. The van der Waals surface area contributed by atoms with Gasteiger partial charge in [-0.2, -0.15) is 0 Å². The van der Waals surface area contributed by atoms with Gasteiger partial charge in [0.2, 0.25) is 21.8 Å². The number of sulfonamides is 1. The smallest absolute Gasteiger partial charge is 0.240 e. The van der Waals surface area contributed by atoms with Crippen LogP contribution in [0.2, 0.25) is 0 Å². The summed E-state index contributed by atoms with van der Waals surface area (Å²) in [5, 5.41) is 1.59. The van der Waals surface area contributed by atoms with Crippen LogP contribution >= 0.6 is 0 Å². The van der Waals surface area contributed by atoms with Gasteiger partial charge in [-0.15, -0.1) is 0 Å². The Hall–Kier alpha value is -2.05. The van der Waals surface area contributed by atoms with Gasteiger partial charge in [0.1, 0.15) is 11.6 Å². The average molecular weight is 450 g/mol. The number of nitrogens with one attached hydrogen (secondary N) is 2. The molecule has 0 unspecified atom stereocenters. The van der Waals surface area contributed by atoms with E-state index in [2.05, 4.69) is 10.0 Å². The third-order valence-corrected chi connectivity index (χ3v) is 8.26. The minimum Gasteiger partial charge on any atom is -0.358 e. The van der Waals surface area contributed by atoms with Crippen LogP contribution < -0.4 is 10.0 Å². The van der Waals surface area contributed by atoms with E-state index in [9.17, 15) is 30.8 Å². The molecule has 1 fully saturated rings. The number of carbonyl (C=O) groups is 2. The van der Waals surface area contributed by atoms with Crippen LogP contribution in [0.3, 0.4) is 0 Å². The predicted molar refractivity (Wildman–Crippen MR) is 104 cm³/mol. The molecule has 0 bridgehead atoms. The van der Waals surface area contributed by atoms with E-state index in [0.29, 0.717) is 0 Å². The van der Waals surface area contributed by atoms with Gasteiger partial charge in [0, 0.05) is 33.1 Å². The molecule has 12 heteroatoms. The van der Waals surface area contributed by atoms with Crippen molar-refractivity contribution >= 4 is 31.7 Å². The second kappa shape index (κ2) is 9.63. The summed E-state index contributed by atoms with van der Waals surface area (Å²) < 4.78 is 64.1. The van der Waals surface area contributed by atoms with Gasteiger partial charge < -0.3 is 10.2 Å². The second-order valence-electron chi connectivity index (χ2n) is 6.67. The highest BCUT2D eigenvalue weighted by Crippen LogP contribution is 2.19. The van der Waals surface area contributed by atoms with Gasteiger partial charge in [-0.25, -0.2) is 25.9 Å². The molecule has 2 rings (SSSR count). The highest BCUT2D eigenvalue weighted by molar-refractivity contribution is 7.92. The molecule has 0 aliphatic carbocycles. The van der Waals surface area contributed by atoms with Gasteiger partial charge in [-0.1, -0.05) is 6.07 Å². The maximum absolute atomic E-state index is 13.2. The van der Waals surface area contributed by atoms with E-state index in [1.54, 1.807) is 0 Å². The standard InChI is InChI=1S/C17H24FN3O6S2/c1-19-16(22)12-28(24,25)14-6-9-21(10-7-14)17(23)5-8-20-29(26,27)15-4-2-3-13(18)11-15/h2-4,11,14,20H,5-10,12H2,1H3,(H,19,22). The molecule has 0 radical (unpaired) electrons. The predicted octanol–water partition coefficient (Wildman–Crippen LogP) is -0.354. The molecule has 162 valence electrons. The molecule has 29 heavy (non-hydrogen) atoms. The normalized spacial score (nSPS) is 15.9. The molecule has 1 aromatic rings. The Morgan fingerprint density at radius 2 is 1.83 bits per heavy atom. The summed E-state index contributed by atoms with van der Waals surface area (Å²) in [4.78, 5) is 24.8. The average Bonchev–Trinajstić information content (AvgIpc) is 2.67. The lowest BCUT2D eigenvalue weighted by Gasteiger charge is -2.31. The Labute approximate surface area is 169 Å². The van der Waals surface area contributed by atoms with Crippen LogP contribution in [0, 0.1) is 5.82 Å².